The predicted molar refractivity (Wildman–Crippen MR) is 97.5 cm³/mol. The molecule has 0 fully saturated rings. The minimum Gasteiger partial charge on any atom is -0.396 e. The molecule has 0 spiro atoms. The van der Waals surface area contributed by atoms with Gasteiger partial charge in [-0.15, -0.1) is 0 Å². The Morgan fingerprint density at radius 1 is 0.957 bits per heavy atom. The molecule has 3 heteroatoms. The standard InChI is InChI=1S/C20H35NO2/c1-2-3-4-5-6-7-17-8-10-18(11-9-17)14-20(21)15-19(16-23)12-13-22/h8-11,19-20,22-23H,2-7,12-16,21H2,1H3. The van der Waals surface area contributed by atoms with E-state index in [1.807, 2.05) is 0 Å². The average molecular weight is 322 g/mol. The summed E-state index contributed by atoms with van der Waals surface area (Å²) in [7, 11) is 0. The highest BCUT2D eigenvalue weighted by atomic mass is 16.3. The molecule has 0 bridgehead atoms. The number of hydrogen-bond donors (Lipinski definition) is 3. The number of aliphatic hydroxyl groups excluding tert-OH is 2. The van der Waals surface area contributed by atoms with Gasteiger partial charge < -0.3 is 15.9 Å². The van der Waals surface area contributed by atoms with Crippen molar-refractivity contribution in [1.29, 1.82) is 0 Å². The molecule has 132 valence electrons. The largest absolute Gasteiger partial charge is 0.396 e. The van der Waals surface area contributed by atoms with Crippen LogP contribution < -0.4 is 5.73 Å². The Hall–Kier alpha value is -0.900. The van der Waals surface area contributed by atoms with Crippen molar-refractivity contribution < 1.29 is 10.2 Å². The molecule has 3 nitrogen and oxygen atoms in total. The third kappa shape index (κ3) is 9.09. The molecule has 1 aromatic carbocycles. The third-order valence-corrected chi connectivity index (χ3v) is 4.52. The van der Waals surface area contributed by atoms with Gasteiger partial charge in [0.15, 0.2) is 0 Å². The van der Waals surface area contributed by atoms with E-state index in [1.165, 1.54) is 49.7 Å². The van der Waals surface area contributed by atoms with Crippen LogP contribution in [-0.2, 0) is 12.8 Å². The van der Waals surface area contributed by atoms with Crippen LogP contribution in [0.25, 0.3) is 0 Å². The molecule has 0 saturated carbocycles. The van der Waals surface area contributed by atoms with Gasteiger partial charge in [-0.2, -0.15) is 0 Å². The number of benzene rings is 1. The molecule has 2 atom stereocenters. The van der Waals surface area contributed by atoms with E-state index in [0.29, 0.717) is 6.42 Å². The summed E-state index contributed by atoms with van der Waals surface area (Å²) in [6, 6.07) is 8.85. The van der Waals surface area contributed by atoms with Crippen LogP contribution in [0, 0.1) is 5.92 Å². The fraction of sp³-hybridized carbons (Fsp3) is 0.700. The van der Waals surface area contributed by atoms with Gasteiger partial charge in [-0.1, -0.05) is 56.9 Å². The first-order valence-corrected chi connectivity index (χ1v) is 9.24. The highest BCUT2D eigenvalue weighted by molar-refractivity contribution is 5.23. The summed E-state index contributed by atoms with van der Waals surface area (Å²) in [6.07, 6.45) is 9.98. The second kappa shape index (κ2) is 12.5. The van der Waals surface area contributed by atoms with Gasteiger partial charge in [-0.05, 0) is 49.1 Å². The van der Waals surface area contributed by atoms with Gasteiger partial charge >= 0.3 is 0 Å². The van der Waals surface area contributed by atoms with E-state index in [4.69, 9.17) is 10.8 Å². The summed E-state index contributed by atoms with van der Waals surface area (Å²) in [6.45, 7) is 2.46. The summed E-state index contributed by atoms with van der Waals surface area (Å²) < 4.78 is 0. The highest BCUT2D eigenvalue weighted by Gasteiger charge is 2.13. The van der Waals surface area contributed by atoms with Crippen molar-refractivity contribution >= 4 is 0 Å². The molecule has 4 N–H and O–H groups in total. The van der Waals surface area contributed by atoms with Crippen LogP contribution in [0.2, 0.25) is 0 Å². The van der Waals surface area contributed by atoms with Crippen LogP contribution in [0.3, 0.4) is 0 Å². The monoisotopic (exact) mass is 321 g/mol. The summed E-state index contributed by atoms with van der Waals surface area (Å²) >= 11 is 0. The van der Waals surface area contributed by atoms with Crippen LogP contribution in [0.5, 0.6) is 0 Å². The van der Waals surface area contributed by atoms with Crippen molar-refractivity contribution in [2.75, 3.05) is 13.2 Å². The molecule has 23 heavy (non-hydrogen) atoms. The van der Waals surface area contributed by atoms with Crippen molar-refractivity contribution in [3.63, 3.8) is 0 Å². The summed E-state index contributed by atoms with van der Waals surface area (Å²) in [5.41, 5.74) is 8.85. The number of rotatable bonds is 13. The zero-order valence-corrected chi connectivity index (χ0v) is 14.7. The number of unbranched alkanes of at least 4 members (excludes halogenated alkanes) is 4. The molecule has 0 radical (unpaired) electrons. The maximum absolute atomic E-state index is 9.28. The van der Waals surface area contributed by atoms with Gasteiger partial charge in [0.2, 0.25) is 0 Å². The lowest BCUT2D eigenvalue weighted by molar-refractivity contribution is 0.171. The van der Waals surface area contributed by atoms with Crippen molar-refractivity contribution in [3.8, 4) is 0 Å². The maximum atomic E-state index is 9.28. The van der Waals surface area contributed by atoms with Crippen molar-refractivity contribution in [3.05, 3.63) is 35.4 Å². The zero-order valence-electron chi connectivity index (χ0n) is 14.7. The topological polar surface area (TPSA) is 66.5 Å². The Balaban J connectivity index is 2.32. The van der Waals surface area contributed by atoms with Crippen molar-refractivity contribution in [1.82, 2.24) is 0 Å². The Morgan fingerprint density at radius 3 is 2.22 bits per heavy atom. The van der Waals surface area contributed by atoms with Gasteiger partial charge in [0.05, 0.1) is 0 Å². The Morgan fingerprint density at radius 2 is 1.61 bits per heavy atom. The van der Waals surface area contributed by atoms with E-state index in [0.717, 1.165) is 12.8 Å². The van der Waals surface area contributed by atoms with E-state index < -0.39 is 0 Å². The first-order chi connectivity index (χ1) is 11.2. The molecule has 1 rings (SSSR count). The molecule has 1 aromatic rings. The van der Waals surface area contributed by atoms with Crippen LogP contribution in [0.15, 0.2) is 24.3 Å². The number of hydrogen-bond acceptors (Lipinski definition) is 3. The predicted octanol–water partition coefficient (Wildman–Crippen LogP) is 3.45. The van der Waals surface area contributed by atoms with Gasteiger partial charge in [-0.3, -0.25) is 0 Å². The van der Waals surface area contributed by atoms with Gasteiger partial charge in [0.25, 0.3) is 0 Å². The Bertz CT molecular complexity index is 391. The van der Waals surface area contributed by atoms with E-state index >= 15 is 0 Å². The van der Waals surface area contributed by atoms with Crippen LogP contribution >= 0.6 is 0 Å². The average Bonchev–Trinajstić information content (AvgIpc) is 2.55. The molecule has 0 aliphatic heterocycles. The van der Waals surface area contributed by atoms with E-state index in [2.05, 4.69) is 31.2 Å². The quantitative estimate of drug-likeness (QED) is 0.488. The van der Waals surface area contributed by atoms with Gasteiger partial charge in [-0.25, -0.2) is 0 Å². The molecule has 0 aliphatic rings. The fourth-order valence-electron chi connectivity index (χ4n) is 3.06. The third-order valence-electron chi connectivity index (χ3n) is 4.52. The van der Waals surface area contributed by atoms with E-state index in [-0.39, 0.29) is 25.2 Å². The second-order valence-electron chi connectivity index (χ2n) is 6.74. The molecule has 0 aromatic heterocycles. The lowest BCUT2D eigenvalue weighted by atomic mass is 9.93. The smallest absolute Gasteiger partial charge is 0.0460 e. The SMILES string of the molecule is CCCCCCCc1ccc(CC(N)CC(CO)CCO)cc1. The normalized spacial score (nSPS) is 13.9. The zero-order chi connectivity index (χ0) is 16.9. The summed E-state index contributed by atoms with van der Waals surface area (Å²) in [4.78, 5) is 0. The lowest BCUT2D eigenvalue weighted by Gasteiger charge is -2.18. The minimum absolute atomic E-state index is 0.0404. The van der Waals surface area contributed by atoms with E-state index in [1.54, 1.807) is 0 Å². The maximum Gasteiger partial charge on any atom is 0.0460 e. The van der Waals surface area contributed by atoms with Crippen LogP contribution in [-0.4, -0.2) is 29.5 Å². The van der Waals surface area contributed by atoms with Crippen molar-refractivity contribution in [2.45, 2.75) is 70.8 Å². The number of nitrogens with two attached hydrogens (primary N) is 1. The van der Waals surface area contributed by atoms with Gasteiger partial charge in [0.1, 0.15) is 0 Å². The fourth-order valence-corrected chi connectivity index (χ4v) is 3.06. The van der Waals surface area contributed by atoms with Gasteiger partial charge in [0, 0.05) is 19.3 Å². The van der Waals surface area contributed by atoms with Crippen molar-refractivity contribution in [2.24, 2.45) is 11.7 Å². The molecule has 0 amide bonds. The van der Waals surface area contributed by atoms with Crippen LogP contribution in [0.4, 0.5) is 0 Å². The molecule has 0 heterocycles. The molecule has 0 aliphatic carbocycles. The highest BCUT2D eigenvalue weighted by Crippen LogP contribution is 2.15. The molecule has 0 saturated heterocycles. The number of aryl methyl sites for hydroxylation is 1. The second-order valence-corrected chi connectivity index (χ2v) is 6.74. The Kier molecular flexibility index (Phi) is 11.0. The van der Waals surface area contributed by atoms with Crippen LogP contribution in [0.1, 0.15) is 63.0 Å². The number of aliphatic hydroxyl groups is 2. The first kappa shape index (κ1) is 20.1. The first-order valence-electron chi connectivity index (χ1n) is 9.24. The Labute approximate surface area is 141 Å². The minimum atomic E-state index is 0.0404. The molecular weight excluding hydrogens is 286 g/mol. The lowest BCUT2D eigenvalue weighted by Crippen LogP contribution is -2.27. The summed E-state index contributed by atoms with van der Waals surface area (Å²) in [5, 5.41) is 18.2. The summed E-state index contributed by atoms with van der Waals surface area (Å²) in [5.74, 6) is 0.109. The van der Waals surface area contributed by atoms with E-state index in [9.17, 15) is 5.11 Å². The molecular formula is C20H35NO2. The molecule has 2 unspecified atom stereocenters.